The molecule has 1 aliphatic carbocycles. The molecule has 3 heterocycles. The van der Waals surface area contributed by atoms with Crippen molar-refractivity contribution in [1.82, 2.24) is 15.2 Å². The van der Waals surface area contributed by atoms with Gasteiger partial charge >= 0.3 is 5.97 Å². The molecule has 0 spiro atoms. The summed E-state index contributed by atoms with van der Waals surface area (Å²) in [5.41, 5.74) is -1.37. The molecule has 0 bridgehead atoms. The molecule has 1 saturated carbocycles. The van der Waals surface area contributed by atoms with Crippen molar-refractivity contribution in [3.05, 3.63) is 114 Å². The Labute approximate surface area is 357 Å². The topological polar surface area (TPSA) is 153 Å². The van der Waals surface area contributed by atoms with Crippen molar-refractivity contribution in [2.75, 3.05) is 25.5 Å². The first-order chi connectivity index (χ1) is 28.4. The number of nitrogens with zero attached hydrogens (tertiary/aromatic N) is 1. The van der Waals surface area contributed by atoms with E-state index in [0.29, 0.717) is 40.0 Å². The van der Waals surface area contributed by atoms with Gasteiger partial charge in [0.2, 0.25) is 17.1 Å². The molecular weight excluding hydrogens is 827 g/mol. The number of ether oxygens (including phenoxy) is 1. The zero-order valence-electron chi connectivity index (χ0n) is 34.8. The molecule has 1 atom stereocenters. The van der Waals surface area contributed by atoms with Gasteiger partial charge in [0.05, 0.1) is 27.1 Å². The second-order valence-corrected chi connectivity index (χ2v) is 23.6. The van der Waals surface area contributed by atoms with E-state index in [1.807, 2.05) is 17.8 Å². The van der Waals surface area contributed by atoms with Crippen LogP contribution in [0.1, 0.15) is 79.9 Å². The molecule has 0 saturated heterocycles. The molecule has 1 amide bonds. The smallest absolute Gasteiger partial charge is 0.349 e. The summed E-state index contributed by atoms with van der Waals surface area (Å²) in [5.74, 6) is -2.67. The standard InChI is InChI=1S/C44H54F2N4O7S2Si/c1-43(2,3)60(5,6)57-36(30-15-17-35(51)41-31(30)16-18-39(52)49-41)26-47-25-27-23-33(46)34(24-32(27)45)48-40(53)19-20-50(4)28-11-13-29(14-12-28)56-42(54)44(55,37-9-7-21-58-37)38-10-8-22-59-38/h7-10,15-18,21-24,28-29,36,47,51,55H,11-14,19-20,25-26H2,1-6H3,(H,48,53)(H,49,52)/t28?,29?,36-/m0/s1. The van der Waals surface area contributed by atoms with Gasteiger partial charge in [-0.15, -0.1) is 22.7 Å². The minimum atomic E-state index is -2.36. The lowest BCUT2D eigenvalue weighted by atomic mass is 9.91. The highest BCUT2D eigenvalue weighted by Gasteiger charge is 2.45. The van der Waals surface area contributed by atoms with Gasteiger partial charge in [-0.25, -0.2) is 13.6 Å². The molecule has 1 aliphatic rings. The molecule has 0 unspecified atom stereocenters. The number of anilines is 1. The number of H-pyrrole nitrogens is 1. The highest BCUT2D eigenvalue weighted by Crippen LogP contribution is 2.42. The van der Waals surface area contributed by atoms with E-state index in [0.717, 1.165) is 30.5 Å². The number of phenolic OH excluding ortho intramolecular Hbond substituents is 1. The number of rotatable bonds is 16. The van der Waals surface area contributed by atoms with E-state index < -0.39 is 43.5 Å². The number of pyridine rings is 1. The fourth-order valence-electron chi connectivity index (χ4n) is 7.25. The second-order valence-electron chi connectivity index (χ2n) is 17.0. The largest absolute Gasteiger partial charge is 0.506 e. The van der Waals surface area contributed by atoms with E-state index in [1.165, 1.54) is 34.8 Å². The maximum absolute atomic E-state index is 15.4. The Morgan fingerprint density at radius 2 is 1.65 bits per heavy atom. The zero-order valence-corrected chi connectivity index (χ0v) is 37.4. The number of amides is 1. The van der Waals surface area contributed by atoms with E-state index in [-0.39, 0.29) is 59.3 Å². The third-order valence-corrected chi connectivity index (χ3v) is 18.3. The number of carbonyl (C=O) groups excluding carboxylic acids is 2. The van der Waals surface area contributed by atoms with Crippen LogP contribution >= 0.6 is 22.7 Å². The summed E-state index contributed by atoms with van der Waals surface area (Å²) in [6.07, 6.45) is 1.80. The number of aliphatic hydroxyl groups is 1. The summed E-state index contributed by atoms with van der Waals surface area (Å²) in [7, 11) is -0.456. The maximum Gasteiger partial charge on any atom is 0.349 e. The Balaban J connectivity index is 1.01. The Kier molecular flexibility index (Phi) is 14.1. The SMILES string of the molecule is CN(CCC(=O)Nc1cc(F)c(CNC[C@H](O[Si](C)(C)C(C)(C)C)c2ccc(O)c3[nH]c(=O)ccc23)cc1F)C1CCC(OC(=O)C(O)(c2cccs2)c2cccs2)CC1. The van der Waals surface area contributed by atoms with Crippen LogP contribution in [0.3, 0.4) is 0 Å². The van der Waals surface area contributed by atoms with Crippen molar-refractivity contribution in [3.8, 4) is 5.75 Å². The van der Waals surface area contributed by atoms with Crippen LogP contribution in [0.5, 0.6) is 5.75 Å². The lowest BCUT2D eigenvalue weighted by Gasteiger charge is -2.39. The van der Waals surface area contributed by atoms with Gasteiger partial charge in [-0.3, -0.25) is 9.59 Å². The molecule has 2 aromatic carbocycles. The van der Waals surface area contributed by atoms with Crippen LogP contribution in [0.25, 0.3) is 10.9 Å². The molecule has 5 aromatic rings. The van der Waals surface area contributed by atoms with Gasteiger partial charge in [0, 0.05) is 55.2 Å². The van der Waals surface area contributed by atoms with E-state index in [1.54, 1.807) is 36.4 Å². The normalized spacial score (nSPS) is 16.9. The average molecular weight is 881 g/mol. The molecule has 6 rings (SSSR count). The number of aromatic nitrogens is 1. The first-order valence-electron chi connectivity index (χ1n) is 20.1. The first-order valence-corrected chi connectivity index (χ1v) is 24.8. The van der Waals surface area contributed by atoms with E-state index in [9.17, 15) is 24.6 Å². The number of fused-ring (bicyclic) bond motifs is 1. The summed E-state index contributed by atoms with van der Waals surface area (Å²) in [5, 5.41) is 31.9. The summed E-state index contributed by atoms with van der Waals surface area (Å²) in [6, 6.07) is 15.5. The number of hydrogen-bond donors (Lipinski definition) is 5. The highest BCUT2D eigenvalue weighted by atomic mass is 32.1. The van der Waals surface area contributed by atoms with Gasteiger partial charge in [0.1, 0.15) is 23.5 Å². The van der Waals surface area contributed by atoms with E-state index in [4.69, 9.17) is 9.16 Å². The molecule has 322 valence electrons. The van der Waals surface area contributed by atoms with Crippen LogP contribution in [0.2, 0.25) is 18.1 Å². The lowest BCUT2D eigenvalue weighted by molar-refractivity contribution is -0.169. The number of phenols is 1. The van der Waals surface area contributed by atoms with Crippen molar-refractivity contribution < 1.29 is 37.7 Å². The number of nitrogens with one attached hydrogen (secondary N) is 3. The van der Waals surface area contributed by atoms with Crippen molar-refractivity contribution in [3.63, 3.8) is 0 Å². The van der Waals surface area contributed by atoms with E-state index >= 15 is 8.78 Å². The van der Waals surface area contributed by atoms with Crippen molar-refractivity contribution >= 4 is 59.5 Å². The fraction of sp³-hybridized carbons (Fsp3) is 0.432. The highest BCUT2D eigenvalue weighted by molar-refractivity contribution is 7.12. The molecule has 11 nitrogen and oxygen atoms in total. The number of halogens is 2. The van der Waals surface area contributed by atoms with Crippen LogP contribution in [-0.2, 0) is 30.9 Å². The van der Waals surface area contributed by atoms with Crippen LogP contribution in [0.15, 0.2) is 76.2 Å². The van der Waals surface area contributed by atoms with E-state index in [2.05, 4.69) is 54.4 Å². The minimum absolute atomic E-state index is 0.0302. The number of thiophene rings is 2. The second kappa shape index (κ2) is 18.8. The number of hydrogen-bond acceptors (Lipinski definition) is 11. The zero-order chi connectivity index (χ0) is 43.4. The van der Waals surface area contributed by atoms with Crippen LogP contribution in [0.4, 0.5) is 14.5 Å². The third kappa shape index (κ3) is 10.2. The molecule has 16 heteroatoms. The first kappa shape index (κ1) is 45.2. The quantitative estimate of drug-likeness (QED) is 0.0485. The van der Waals surface area contributed by atoms with Crippen molar-refractivity contribution in [1.29, 1.82) is 0 Å². The fourth-order valence-corrected chi connectivity index (χ4v) is 10.2. The number of benzene rings is 2. The van der Waals surface area contributed by atoms with Gasteiger partial charge in [0.25, 0.3) is 0 Å². The van der Waals surface area contributed by atoms with Gasteiger partial charge in [-0.1, -0.05) is 39.0 Å². The van der Waals surface area contributed by atoms with Crippen LogP contribution in [-0.4, -0.2) is 72.6 Å². The van der Waals surface area contributed by atoms with Gasteiger partial charge in [0.15, 0.2) is 8.32 Å². The maximum atomic E-state index is 15.4. The number of aromatic amines is 1. The molecule has 0 aliphatic heterocycles. The number of carbonyl (C=O) groups is 2. The monoisotopic (exact) mass is 880 g/mol. The lowest BCUT2D eigenvalue weighted by Crippen LogP contribution is -2.43. The molecule has 60 heavy (non-hydrogen) atoms. The predicted octanol–water partition coefficient (Wildman–Crippen LogP) is 8.54. The third-order valence-electron chi connectivity index (χ3n) is 11.8. The summed E-state index contributed by atoms with van der Waals surface area (Å²) in [6.45, 7) is 11.1. The predicted molar refractivity (Wildman–Crippen MR) is 235 cm³/mol. The Morgan fingerprint density at radius 1 is 0.983 bits per heavy atom. The Bertz CT molecular complexity index is 2290. The minimum Gasteiger partial charge on any atom is -0.506 e. The van der Waals surface area contributed by atoms with Gasteiger partial charge in [-0.2, -0.15) is 0 Å². The van der Waals surface area contributed by atoms with Crippen LogP contribution in [0, 0.1) is 11.6 Å². The summed E-state index contributed by atoms with van der Waals surface area (Å²) < 4.78 is 43.5. The Morgan fingerprint density at radius 3 is 2.27 bits per heavy atom. The summed E-state index contributed by atoms with van der Waals surface area (Å²) >= 11 is 2.59. The summed E-state index contributed by atoms with van der Waals surface area (Å²) in [4.78, 5) is 44.2. The molecule has 0 radical (unpaired) electrons. The number of aromatic hydroxyl groups is 1. The molecule has 5 N–H and O–H groups in total. The average Bonchev–Trinajstić information content (AvgIpc) is 3.95. The van der Waals surface area contributed by atoms with Gasteiger partial charge in [-0.05, 0) is 97.5 Å². The van der Waals surface area contributed by atoms with Crippen LogP contribution < -0.4 is 16.2 Å². The molecule has 3 aromatic heterocycles. The number of esters is 1. The van der Waals surface area contributed by atoms with Crippen molar-refractivity contribution in [2.45, 2.75) is 101 Å². The van der Waals surface area contributed by atoms with Crippen molar-refractivity contribution in [2.24, 2.45) is 0 Å². The van der Waals surface area contributed by atoms with Gasteiger partial charge < -0.3 is 39.9 Å². The Hall–Kier alpha value is -4.29. The molecule has 1 fully saturated rings. The molecular formula is C44H54F2N4O7S2Si.